The second-order valence-corrected chi connectivity index (χ2v) is 7.57. The smallest absolute Gasteiger partial charge is 0.258 e. The van der Waals surface area contributed by atoms with E-state index < -0.39 is 0 Å². The van der Waals surface area contributed by atoms with Gasteiger partial charge in [-0.15, -0.1) is 0 Å². The predicted octanol–water partition coefficient (Wildman–Crippen LogP) is 4.73. The number of hydrogen-bond donors (Lipinski definition) is 1. The number of H-pyrrole nitrogens is 1. The molecule has 0 radical (unpaired) electrons. The third kappa shape index (κ3) is 4.26. The lowest BCUT2D eigenvalue weighted by Gasteiger charge is -2.23. The van der Waals surface area contributed by atoms with Crippen molar-refractivity contribution in [2.24, 2.45) is 0 Å². The molecule has 4 aromatic rings. The number of benzene rings is 3. The van der Waals surface area contributed by atoms with Crippen LogP contribution >= 0.6 is 11.6 Å². The van der Waals surface area contributed by atoms with Gasteiger partial charge in [-0.05, 0) is 48.4 Å². The summed E-state index contributed by atoms with van der Waals surface area (Å²) in [7, 11) is 0. The van der Waals surface area contributed by atoms with E-state index in [9.17, 15) is 9.59 Å². The number of carbonyl (C=O) groups is 1. The minimum atomic E-state index is -0.217. The molecule has 0 atom stereocenters. The van der Waals surface area contributed by atoms with Crippen LogP contribution in [0.3, 0.4) is 0 Å². The maximum Gasteiger partial charge on any atom is 0.258 e. The third-order valence-corrected chi connectivity index (χ3v) is 5.20. The molecule has 0 aliphatic carbocycles. The Morgan fingerprint density at radius 3 is 2.43 bits per heavy atom. The molecule has 0 aliphatic heterocycles. The molecule has 0 bridgehead atoms. The van der Waals surface area contributed by atoms with Crippen molar-refractivity contribution in [3.63, 3.8) is 0 Å². The average molecular weight is 418 g/mol. The molecule has 0 saturated heterocycles. The number of halogens is 1. The van der Waals surface area contributed by atoms with Crippen LogP contribution < -0.4 is 5.56 Å². The predicted molar refractivity (Wildman–Crippen MR) is 119 cm³/mol. The van der Waals surface area contributed by atoms with Gasteiger partial charge in [0.15, 0.2) is 0 Å². The quantitative estimate of drug-likeness (QED) is 0.510. The summed E-state index contributed by atoms with van der Waals surface area (Å²) in [6.07, 6.45) is 0. The lowest BCUT2D eigenvalue weighted by Crippen LogP contribution is -2.32. The number of carbonyl (C=O) groups excluding carboxylic acids is 1. The normalized spacial score (nSPS) is 10.9. The van der Waals surface area contributed by atoms with Crippen molar-refractivity contribution in [2.75, 3.05) is 0 Å². The van der Waals surface area contributed by atoms with Gasteiger partial charge in [-0.1, -0.05) is 54.1 Å². The number of aromatic nitrogens is 2. The van der Waals surface area contributed by atoms with Crippen molar-refractivity contribution >= 4 is 28.4 Å². The molecule has 0 unspecified atom stereocenters. The van der Waals surface area contributed by atoms with Gasteiger partial charge in [0.25, 0.3) is 11.5 Å². The molecule has 1 amide bonds. The molecular formula is C24H20ClN3O2. The molecule has 1 heterocycles. The van der Waals surface area contributed by atoms with E-state index in [4.69, 9.17) is 11.6 Å². The molecule has 0 aliphatic rings. The standard InChI is InChI=1S/C24H20ClN3O2/c1-16-6-2-3-7-19(16)24(30)28(14-17-10-12-18(25)13-11-17)15-22-26-21-9-5-4-8-20(21)23(29)27-22/h2-13H,14-15H2,1H3,(H,26,27,29). The fraction of sp³-hybridized carbons (Fsp3) is 0.125. The molecule has 0 fully saturated rings. The summed E-state index contributed by atoms with van der Waals surface area (Å²) < 4.78 is 0. The first-order valence-electron chi connectivity index (χ1n) is 9.58. The molecule has 0 saturated carbocycles. The number of aryl methyl sites for hydroxylation is 1. The Kier molecular flexibility index (Phi) is 5.63. The zero-order chi connectivity index (χ0) is 21.1. The van der Waals surface area contributed by atoms with Gasteiger partial charge in [-0.25, -0.2) is 4.98 Å². The number of amides is 1. The van der Waals surface area contributed by atoms with Crippen LogP contribution in [0.2, 0.25) is 5.02 Å². The Labute approximate surface area is 179 Å². The van der Waals surface area contributed by atoms with Gasteiger partial charge in [0.05, 0.1) is 17.4 Å². The fourth-order valence-electron chi connectivity index (χ4n) is 3.38. The van der Waals surface area contributed by atoms with E-state index >= 15 is 0 Å². The zero-order valence-electron chi connectivity index (χ0n) is 16.4. The van der Waals surface area contributed by atoms with E-state index in [1.165, 1.54) is 0 Å². The largest absolute Gasteiger partial charge is 0.327 e. The molecule has 3 aromatic carbocycles. The van der Waals surface area contributed by atoms with Crippen LogP contribution in [0.5, 0.6) is 0 Å². The summed E-state index contributed by atoms with van der Waals surface area (Å²) in [5.41, 5.74) is 2.83. The van der Waals surface area contributed by atoms with Crippen molar-refractivity contribution in [1.82, 2.24) is 14.9 Å². The van der Waals surface area contributed by atoms with E-state index in [2.05, 4.69) is 9.97 Å². The van der Waals surface area contributed by atoms with Gasteiger partial charge in [-0.2, -0.15) is 0 Å². The number of rotatable bonds is 5. The average Bonchev–Trinajstić information content (AvgIpc) is 2.75. The van der Waals surface area contributed by atoms with Gasteiger partial charge < -0.3 is 9.88 Å². The van der Waals surface area contributed by atoms with Gasteiger partial charge in [0.1, 0.15) is 5.82 Å². The maximum atomic E-state index is 13.4. The summed E-state index contributed by atoms with van der Waals surface area (Å²) >= 11 is 6.00. The first kappa shape index (κ1) is 19.9. The summed E-state index contributed by atoms with van der Waals surface area (Å²) in [5, 5.41) is 1.16. The lowest BCUT2D eigenvalue weighted by molar-refractivity contribution is 0.0724. The summed E-state index contributed by atoms with van der Waals surface area (Å²) in [6, 6.07) is 22.0. The molecular weight excluding hydrogens is 398 g/mol. The Morgan fingerprint density at radius 2 is 1.67 bits per heavy atom. The van der Waals surface area contributed by atoms with E-state index in [0.29, 0.717) is 33.9 Å². The summed E-state index contributed by atoms with van der Waals surface area (Å²) in [4.78, 5) is 34.9. The number of aromatic amines is 1. The van der Waals surface area contributed by atoms with E-state index in [-0.39, 0.29) is 18.0 Å². The topological polar surface area (TPSA) is 66.1 Å². The molecule has 1 N–H and O–H groups in total. The SMILES string of the molecule is Cc1ccccc1C(=O)N(Cc1ccc(Cl)cc1)Cc1nc2ccccc2c(=O)[nH]1. The monoisotopic (exact) mass is 417 g/mol. The lowest BCUT2D eigenvalue weighted by atomic mass is 10.1. The molecule has 150 valence electrons. The third-order valence-electron chi connectivity index (χ3n) is 4.95. The first-order valence-corrected chi connectivity index (χ1v) is 9.96. The Balaban J connectivity index is 1.71. The van der Waals surface area contributed by atoms with Crippen molar-refractivity contribution < 1.29 is 4.79 Å². The highest BCUT2D eigenvalue weighted by Crippen LogP contribution is 2.17. The second kappa shape index (κ2) is 8.51. The van der Waals surface area contributed by atoms with Gasteiger partial charge in [-0.3, -0.25) is 9.59 Å². The second-order valence-electron chi connectivity index (χ2n) is 7.13. The Morgan fingerprint density at radius 1 is 0.967 bits per heavy atom. The van der Waals surface area contributed by atoms with Crippen LogP contribution in [0.1, 0.15) is 27.3 Å². The minimum absolute atomic E-state index is 0.126. The van der Waals surface area contributed by atoms with Crippen LogP contribution in [0.4, 0.5) is 0 Å². The van der Waals surface area contributed by atoms with Gasteiger partial charge in [0.2, 0.25) is 0 Å². The van der Waals surface area contributed by atoms with Crippen LogP contribution in [0.15, 0.2) is 77.6 Å². The number of fused-ring (bicyclic) bond motifs is 1. The molecule has 6 heteroatoms. The van der Waals surface area contributed by atoms with Crippen molar-refractivity contribution in [3.05, 3.63) is 111 Å². The Bertz CT molecular complexity index is 1270. The molecule has 4 rings (SSSR count). The highest BCUT2D eigenvalue weighted by atomic mass is 35.5. The molecule has 5 nitrogen and oxygen atoms in total. The molecule has 1 aromatic heterocycles. The van der Waals surface area contributed by atoms with Crippen molar-refractivity contribution in [1.29, 1.82) is 0 Å². The zero-order valence-corrected chi connectivity index (χ0v) is 17.2. The van der Waals surface area contributed by atoms with Crippen LogP contribution in [-0.2, 0) is 13.1 Å². The Hall–Kier alpha value is -3.44. The number of nitrogens with zero attached hydrogens (tertiary/aromatic N) is 2. The highest BCUT2D eigenvalue weighted by Gasteiger charge is 2.19. The van der Waals surface area contributed by atoms with Crippen LogP contribution in [-0.4, -0.2) is 20.8 Å². The van der Waals surface area contributed by atoms with Crippen molar-refractivity contribution in [3.8, 4) is 0 Å². The number of nitrogens with one attached hydrogen (secondary N) is 1. The van der Waals surface area contributed by atoms with E-state index in [1.54, 1.807) is 35.2 Å². The fourth-order valence-corrected chi connectivity index (χ4v) is 3.51. The van der Waals surface area contributed by atoms with E-state index in [1.807, 2.05) is 49.4 Å². The highest BCUT2D eigenvalue weighted by molar-refractivity contribution is 6.30. The van der Waals surface area contributed by atoms with Crippen LogP contribution in [0, 0.1) is 6.92 Å². The first-order chi connectivity index (χ1) is 14.5. The maximum absolute atomic E-state index is 13.4. The summed E-state index contributed by atoms with van der Waals surface area (Å²) in [5.74, 6) is 0.313. The van der Waals surface area contributed by atoms with Gasteiger partial charge in [0, 0.05) is 17.1 Å². The minimum Gasteiger partial charge on any atom is -0.327 e. The molecule has 0 spiro atoms. The van der Waals surface area contributed by atoms with E-state index in [0.717, 1.165) is 11.1 Å². The summed E-state index contributed by atoms with van der Waals surface area (Å²) in [6.45, 7) is 2.45. The van der Waals surface area contributed by atoms with Crippen molar-refractivity contribution in [2.45, 2.75) is 20.0 Å². The number of hydrogen-bond acceptors (Lipinski definition) is 3. The number of para-hydroxylation sites is 1. The van der Waals surface area contributed by atoms with Crippen LogP contribution in [0.25, 0.3) is 10.9 Å². The van der Waals surface area contributed by atoms with Gasteiger partial charge >= 0.3 is 0 Å². The molecule has 30 heavy (non-hydrogen) atoms.